The van der Waals surface area contributed by atoms with Gasteiger partial charge in [-0.15, -0.1) is 0 Å². The Morgan fingerprint density at radius 2 is 2.05 bits per heavy atom. The van der Waals surface area contributed by atoms with Gasteiger partial charge in [-0.05, 0) is 12.1 Å². The van der Waals surface area contributed by atoms with E-state index >= 15 is 0 Å². The summed E-state index contributed by atoms with van der Waals surface area (Å²) in [7, 11) is -2.38. The highest BCUT2D eigenvalue weighted by molar-refractivity contribution is 7.92. The number of hydrogen-bond donors (Lipinski definition) is 1. The minimum Gasteiger partial charge on any atom is -0.480 e. The monoisotopic (exact) mass is 296 g/mol. The molecule has 0 aliphatic heterocycles. The van der Waals surface area contributed by atoms with E-state index in [2.05, 4.69) is 10.1 Å². The molecule has 0 aliphatic carbocycles. The molecule has 2 aromatic rings. The van der Waals surface area contributed by atoms with Gasteiger partial charge in [-0.2, -0.15) is 5.10 Å². The number of carboxylic acid groups (broad SMARTS) is 1. The van der Waals surface area contributed by atoms with E-state index in [0.717, 1.165) is 15.2 Å². The van der Waals surface area contributed by atoms with Crippen molar-refractivity contribution in [2.75, 3.05) is 11.4 Å². The Hall–Kier alpha value is -2.42. The summed E-state index contributed by atoms with van der Waals surface area (Å²) in [5.74, 6) is -1.10. The second-order valence-corrected chi connectivity index (χ2v) is 5.91. The summed E-state index contributed by atoms with van der Waals surface area (Å²) in [4.78, 5) is 14.3. The van der Waals surface area contributed by atoms with Crippen molar-refractivity contribution in [3.8, 4) is 0 Å². The summed E-state index contributed by atoms with van der Waals surface area (Å²) in [5, 5.41) is 12.4. The largest absolute Gasteiger partial charge is 0.480 e. The number of anilines is 1. The zero-order valence-electron chi connectivity index (χ0n) is 10.5. The quantitative estimate of drug-likeness (QED) is 0.844. The summed E-state index contributed by atoms with van der Waals surface area (Å²) < 4.78 is 26.8. The number of hydrogen-bond acceptors (Lipinski definition) is 5. The molecule has 0 saturated heterocycles. The molecule has 9 heteroatoms. The van der Waals surface area contributed by atoms with Gasteiger partial charge in [0.1, 0.15) is 11.4 Å². The fourth-order valence-corrected chi connectivity index (χ4v) is 2.70. The average Bonchev–Trinajstić information content (AvgIpc) is 2.87. The number of aromatic nitrogens is 3. The van der Waals surface area contributed by atoms with Gasteiger partial charge >= 0.3 is 5.97 Å². The highest BCUT2D eigenvalue weighted by Gasteiger charge is 2.23. The van der Waals surface area contributed by atoms with Crippen molar-refractivity contribution < 1.29 is 18.3 Å². The van der Waals surface area contributed by atoms with Gasteiger partial charge in [-0.3, -0.25) is 18.8 Å². The second-order valence-electron chi connectivity index (χ2n) is 3.95. The van der Waals surface area contributed by atoms with Crippen LogP contribution < -0.4 is 4.31 Å². The number of nitrogens with zero attached hydrogens (tertiary/aromatic N) is 4. The van der Waals surface area contributed by atoms with Crippen LogP contribution >= 0.6 is 0 Å². The summed E-state index contributed by atoms with van der Waals surface area (Å²) in [6.45, 7) is -0.394. The first-order chi connectivity index (χ1) is 9.41. The van der Waals surface area contributed by atoms with Crippen LogP contribution in [0.2, 0.25) is 0 Å². The molecular formula is C11H12N4O4S. The zero-order valence-corrected chi connectivity index (χ0v) is 11.4. The molecule has 106 valence electrons. The minimum absolute atomic E-state index is 0.0712. The standard InChI is InChI=1S/C11H12N4O4S/c1-14(9-2-4-12-5-3-9)20(18,19)10-6-13-15(7-10)8-11(16)17/h2-7H,8H2,1H3,(H,16,17). The van der Waals surface area contributed by atoms with E-state index in [9.17, 15) is 13.2 Å². The summed E-state index contributed by atoms with van der Waals surface area (Å²) >= 11 is 0. The van der Waals surface area contributed by atoms with E-state index in [1.807, 2.05) is 0 Å². The molecule has 0 aliphatic rings. The Morgan fingerprint density at radius 3 is 2.65 bits per heavy atom. The maximum Gasteiger partial charge on any atom is 0.325 e. The second kappa shape index (κ2) is 5.29. The number of rotatable bonds is 5. The van der Waals surface area contributed by atoms with Gasteiger partial charge in [0.2, 0.25) is 0 Å². The van der Waals surface area contributed by atoms with Gasteiger partial charge in [0.15, 0.2) is 0 Å². The molecular weight excluding hydrogens is 284 g/mol. The van der Waals surface area contributed by atoms with Crippen LogP contribution in [0.15, 0.2) is 41.8 Å². The molecule has 1 N–H and O–H groups in total. The van der Waals surface area contributed by atoms with E-state index in [-0.39, 0.29) is 4.90 Å². The Balaban J connectivity index is 2.31. The van der Waals surface area contributed by atoms with Gasteiger partial charge < -0.3 is 5.11 Å². The van der Waals surface area contributed by atoms with Crippen LogP contribution in [0.4, 0.5) is 5.69 Å². The number of pyridine rings is 1. The molecule has 0 spiro atoms. The fraction of sp³-hybridized carbons (Fsp3) is 0.182. The predicted molar refractivity (Wildman–Crippen MR) is 69.7 cm³/mol. The smallest absolute Gasteiger partial charge is 0.325 e. The Bertz CT molecular complexity index is 711. The van der Waals surface area contributed by atoms with Crippen LogP contribution in [0.1, 0.15) is 0 Å². The highest BCUT2D eigenvalue weighted by Crippen LogP contribution is 2.20. The lowest BCUT2D eigenvalue weighted by Crippen LogP contribution is -2.26. The molecule has 0 saturated carbocycles. The molecule has 20 heavy (non-hydrogen) atoms. The number of aliphatic carboxylic acids is 1. The van der Waals surface area contributed by atoms with Crippen molar-refractivity contribution >= 4 is 21.7 Å². The topological polar surface area (TPSA) is 105 Å². The van der Waals surface area contributed by atoms with Crippen molar-refractivity contribution in [1.82, 2.24) is 14.8 Å². The summed E-state index contributed by atoms with van der Waals surface area (Å²) in [5.41, 5.74) is 0.450. The number of sulfonamides is 1. The Labute approximate surface area is 115 Å². The highest BCUT2D eigenvalue weighted by atomic mass is 32.2. The van der Waals surface area contributed by atoms with Crippen LogP contribution in [0.25, 0.3) is 0 Å². The molecule has 0 aromatic carbocycles. The predicted octanol–water partition coefficient (Wildman–Crippen LogP) is 0.188. The maximum atomic E-state index is 12.3. The van der Waals surface area contributed by atoms with Gasteiger partial charge in [-0.25, -0.2) is 8.42 Å². The third-order valence-electron chi connectivity index (χ3n) is 2.59. The van der Waals surface area contributed by atoms with Crippen molar-refractivity contribution in [3.05, 3.63) is 36.9 Å². The molecule has 0 bridgehead atoms. The molecule has 0 amide bonds. The summed E-state index contributed by atoms with van der Waals surface area (Å²) in [6, 6.07) is 3.11. The van der Waals surface area contributed by atoms with E-state index in [4.69, 9.17) is 5.11 Å². The van der Waals surface area contributed by atoms with E-state index in [1.54, 1.807) is 12.1 Å². The SMILES string of the molecule is CN(c1ccncc1)S(=O)(=O)c1cnn(CC(=O)O)c1. The molecule has 0 radical (unpaired) electrons. The van der Waals surface area contributed by atoms with Gasteiger partial charge in [0, 0.05) is 25.6 Å². The third-order valence-corrected chi connectivity index (χ3v) is 4.33. The average molecular weight is 296 g/mol. The van der Waals surface area contributed by atoms with Crippen LogP contribution in [-0.2, 0) is 21.4 Å². The molecule has 8 nitrogen and oxygen atoms in total. The first kappa shape index (κ1) is 14.0. The van der Waals surface area contributed by atoms with E-state index in [1.165, 1.54) is 25.6 Å². The number of carboxylic acids is 1. The van der Waals surface area contributed by atoms with Gasteiger partial charge in [0.25, 0.3) is 10.0 Å². The van der Waals surface area contributed by atoms with Crippen LogP contribution in [0.3, 0.4) is 0 Å². The lowest BCUT2D eigenvalue weighted by atomic mass is 10.4. The molecule has 0 fully saturated rings. The Kier molecular flexibility index (Phi) is 3.70. The van der Waals surface area contributed by atoms with Gasteiger partial charge in [-0.1, -0.05) is 0 Å². The van der Waals surface area contributed by atoms with E-state index < -0.39 is 22.5 Å². The van der Waals surface area contributed by atoms with Crippen molar-refractivity contribution in [3.63, 3.8) is 0 Å². The van der Waals surface area contributed by atoms with Gasteiger partial charge in [0.05, 0.1) is 11.9 Å². The lowest BCUT2D eigenvalue weighted by Gasteiger charge is -2.17. The Morgan fingerprint density at radius 1 is 1.40 bits per heavy atom. The first-order valence-corrected chi connectivity index (χ1v) is 6.98. The number of carbonyl (C=O) groups is 1. The fourth-order valence-electron chi connectivity index (χ4n) is 1.55. The van der Waals surface area contributed by atoms with Crippen LogP contribution in [-0.4, -0.2) is 41.3 Å². The zero-order chi connectivity index (χ0) is 14.8. The first-order valence-electron chi connectivity index (χ1n) is 5.54. The minimum atomic E-state index is -3.78. The molecule has 0 unspecified atom stereocenters. The third kappa shape index (κ3) is 2.77. The summed E-state index contributed by atoms with van der Waals surface area (Å²) in [6.07, 6.45) is 5.27. The molecule has 2 aromatic heterocycles. The van der Waals surface area contributed by atoms with Crippen LogP contribution in [0.5, 0.6) is 0 Å². The van der Waals surface area contributed by atoms with Crippen LogP contribution in [0, 0.1) is 0 Å². The molecule has 0 atom stereocenters. The van der Waals surface area contributed by atoms with Crippen molar-refractivity contribution in [2.24, 2.45) is 0 Å². The normalized spacial score (nSPS) is 11.2. The maximum absolute atomic E-state index is 12.3. The lowest BCUT2D eigenvalue weighted by molar-refractivity contribution is -0.137. The molecule has 2 heterocycles. The van der Waals surface area contributed by atoms with E-state index in [0.29, 0.717) is 5.69 Å². The van der Waals surface area contributed by atoms with Crippen molar-refractivity contribution in [2.45, 2.75) is 11.4 Å². The van der Waals surface area contributed by atoms with Crippen molar-refractivity contribution in [1.29, 1.82) is 0 Å². The molecule has 2 rings (SSSR count).